The van der Waals surface area contributed by atoms with Gasteiger partial charge in [-0.3, -0.25) is 0 Å². The Kier molecular flexibility index (Phi) is 3.94. The van der Waals surface area contributed by atoms with Crippen molar-refractivity contribution in [2.75, 3.05) is 0 Å². The molecule has 0 heterocycles. The quantitative estimate of drug-likeness (QED) is 0.645. The first-order chi connectivity index (χ1) is 8.49. The van der Waals surface area contributed by atoms with Crippen LogP contribution in [0.25, 0.3) is 0 Å². The van der Waals surface area contributed by atoms with Crippen LogP contribution in [0.15, 0.2) is 36.4 Å². The van der Waals surface area contributed by atoms with Gasteiger partial charge in [0.25, 0.3) is 0 Å². The van der Waals surface area contributed by atoms with Gasteiger partial charge in [-0.1, -0.05) is 29.8 Å². The van der Waals surface area contributed by atoms with Crippen molar-refractivity contribution in [1.29, 1.82) is 0 Å². The molecule has 1 unspecified atom stereocenters. The predicted octanol–water partition coefficient (Wildman–Crippen LogP) is 5.42. The number of rotatable bonds is 2. The Balaban J connectivity index is 2.46. The third kappa shape index (κ3) is 2.68. The molecule has 18 heavy (non-hydrogen) atoms. The Morgan fingerprint density at radius 3 is 2.39 bits per heavy atom. The minimum atomic E-state index is -0.438. The molecule has 0 saturated heterocycles. The Bertz CT molecular complexity index is 579. The van der Waals surface area contributed by atoms with Crippen LogP contribution in [0.3, 0.4) is 0 Å². The normalized spacial score (nSPS) is 12.5. The van der Waals surface area contributed by atoms with Crippen molar-refractivity contribution < 1.29 is 4.39 Å². The second kappa shape index (κ2) is 5.29. The zero-order chi connectivity index (χ0) is 13.3. The maximum absolute atomic E-state index is 13.2. The molecule has 0 saturated carbocycles. The minimum Gasteiger partial charge on any atom is -0.207 e. The number of alkyl halides is 1. The highest BCUT2D eigenvalue weighted by molar-refractivity contribution is 6.33. The molecule has 0 aliphatic carbocycles. The molecule has 2 aromatic carbocycles. The SMILES string of the molecule is Cc1cc(Cl)c(C(Cl)c2cccc(F)c2)cc1C. The first kappa shape index (κ1) is 13.4. The second-order valence-electron chi connectivity index (χ2n) is 4.38. The summed E-state index contributed by atoms with van der Waals surface area (Å²) in [5.41, 5.74) is 3.76. The monoisotopic (exact) mass is 282 g/mol. The van der Waals surface area contributed by atoms with E-state index in [1.54, 1.807) is 12.1 Å². The molecule has 0 N–H and O–H groups in total. The molecule has 1 atom stereocenters. The van der Waals surface area contributed by atoms with Gasteiger partial charge in [0.15, 0.2) is 0 Å². The van der Waals surface area contributed by atoms with E-state index < -0.39 is 5.38 Å². The topological polar surface area (TPSA) is 0 Å². The van der Waals surface area contributed by atoms with E-state index in [2.05, 4.69) is 0 Å². The first-order valence-electron chi connectivity index (χ1n) is 5.65. The molecule has 2 aromatic rings. The fraction of sp³-hybridized carbons (Fsp3) is 0.200. The van der Waals surface area contributed by atoms with Crippen molar-refractivity contribution in [3.63, 3.8) is 0 Å². The third-order valence-corrected chi connectivity index (χ3v) is 3.84. The number of hydrogen-bond acceptors (Lipinski definition) is 0. The smallest absolute Gasteiger partial charge is 0.123 e. The van der Waals surface area contributed by atoms with Crippen molar-refractivity contribution in [3.8, 4) is 0 Å². The van der Waals surface area contributed by atoms with Crippen molar-refractivity contribution >= 4 is 23.2 Å². The van der Waals surface area contributed by atoms with Crippen molar-refractivity contribution in [1.82, 2.24) is 0 Å². The number of hydrogen-bond donors (Lipinski definition) is 0. The fourth-order valence-electron chi connectivity index (χ4n) is 1.84. The lowest BCUT2D eigenvalue weighted by Gasteiger charge is -2.14. The van der Waals surface area contributed by atoms with Gasteiger partial charge in [0.2, 0.25) is 0 Å². The summed E-state index contributed by atoms with van der Waals surface area (Å²) < 4.78 is 13.2. The summed E-state index contributed by atoms with van der Waals surface area (Å²) in [4.78, 5) is 0. The van der Waals surface area contributed by atoms with Gasteiger partial charge in [0, 0.05) is 5.02 Å². The molecule has 94 valence electrons. The second-order valence-corrected chi connectivity index (χ2v) is 5.22. The van der Waals surface area contributed by atoms with Gasteiger partial charge >= 0.3 is 0 Å². The maximum Gasteiger partial charge on any atom is 0.123 e. The minimum absolute atomic E-state index is 0.293. The Morgan fingerprint density at radius 2 is 1.72 bits per heavy atom. The molecular weight excluding hydrogens is 270 g/mol. The molecule has 0 amide bonds. The van der Waals surface area contributed by atoms with E-state index in [1.807, 2.05) is 26.0 Å². The average Bonchev–Trinajstić information content (AvgIpc) is 2.33. The van der Waals surface area contributed by atoms with E-state index in [1.165, 1.54) is 12.1 Å². The van der Waals surface area contributed by atoms with Crippen LogP contribution in [0.1, 0.15) is 27.6 Å². The largest absolute Gasteiger partial charge is 0.207 e. The molecule has 0 aromatic heterocycles. The molecule has 0 aliphatic heterocycles. The van der Waals surface area contributed by atoms with Crippen LogP contribution in [0.2, 0.25) is 5.02 Å². The lowest BCUT2D eigenvalue weighted by molar-refractivity contribution is 0.626. The van der Waals surface area contributed by atoms with E-state index >= 15 is 0 Å². The zero-order valence-electron chi connectivity index (χ0n) is 10.2. The Morgan fingerprint density at radius 1 is 1.06 bits per heavy atom. The molecule has 0 bridgehead atoms. The summed E-state index contributed by atoms with van der Waals surface area (Å²) >= 11 is 12.6. The van der Waals surface area contributed by atoms with Crippen LogP contribution in [-0.4, -0.2) is 0 Å². The highest BCUT2D eigenvalue weighted by atomic mass is 35.5. The molecule has 2 rings (SSSR count). The average molecular weight is 283 g/mol. The van der Waals surface area contributed by atoms with Gasteiger partial charge in [-0.25, -0.2) is 4.39 Å². The summed E-state index contributed by atoms with van der Waals surface area (Å²) in [6.07, 6.45) is 0. The van der Waals surface area contributed by atoms with E-state index in [4.69, 9.17) is 23.2 Å². The molecule has 0 aliphatic rings. The first-order valence-corrected chi connectivity index (χ1v) is 6.46. The molecule has 3 heteroatoms. The summed E-state index contributed by atoms with van der Waals surface area (Å²) in [6, 6.07) is 10.1. The predicted molar refractivity (Wildman–Crippen MR) is 75.0 cm³/mol. The highest BCUT2D eigenvalue weighted by Crippen LogP contribution is 2.35. The molecular formula is C15H13Cl2F. The van der Waals surface area contributed by atoms with Crippen LogP contribution in [0, 0.1) is 19.7 Å². The van der Waals surface area contributed by atoms with Crippen LogP contribution < -0.4 is 0 Å². The fourth-order valence-corrected chi connectivity index (χ4v) is 2.54. The molecule has 0 spiro atoms. The molecule has 0 fully saturated rings. The van der Waals surface area contributed by atoms with Crippen LogP contribution in [-0.2, 0) is 0 Å². The Hall–Kier alpha value is -1.05. The standard InChI is InChI=1S/C15H13Cl2F/c1-9-6-13(14(16)7-10(9)2)15(17)11-4-3-5-12(18)8-11/h3-8,15H,1-2H3. The molecule has 0 nitrogen and oxygen atoms in total. The summed E-state index contributed by atoms with van der Waals surface area (Å²) in [6.45, 7) is 4.00. The summed E-state index contributed by atoms with van der Waals surface area (Å²) in [7, 11) is 0. The number of halogens is 3. The van der Waals surface area contributed by atoms with Gasteiger partial charge < -0.3 is 0 Å². The van der Waals surface area contributed by atoms with Crippen molar-refractivity contribution in [2.24, 2.45) is 0 Å². The summed E-state index contributed by atoms with van der Waals surface area (Å²) in [5.74, 6) is -0.293. The number of benzene rings is 2. The van der Waals surface area contributed by atoms with Gasteiger partial charge in [-0.05, 0) is 54.3 Å². The van der Waals surface area contributed by atoms with Crippen LogP contribution in [0.5, 0.6) is 0 Å². The van der Waals surface area contributed by atoms with Gasteiger partial charge in [-0.15, -0.1) is 11.6 Å². The highest BCUT2D eigenvalue weighted by Gasteiger charge is 2.15. The Labute approximate surface area is 116 Å². The van der Waals surface area contributed by atoms with Crippen molar-refractivity contribution in [3.05, 3.63) is 69.5 Å². The van der Waals surface area contributed by atoms with E-state index in [0.29, 0.717) is 10.6 Å². The van der Waals surface area contributed by atoms with E-state index in [-0.39, 0.29) is 5.82 Å². The van der Waals surface area contributed by atoms with Crippen LogP contribution in [0.4, 0.5) is 4.39 Å². The third-order valence-electron chi connectivity index (χ3n) is 3.03. The van der Waals surface area contributed by atoms with Gasteiger partial charge in [0.1, 0.15) is 5.82 Å². The number of aryl methyl sites for hydroxylation is 2. The van der Waals surface area contributed by atoms with Crippen LogP contribution >= 0.6 is 23.2 Å². The lowest BCUT2D eigenvalue weighted by atomic mass is 10.00. The lowest BCUT2D eigenvalue weighted by Crippen LogP contribution is -1.97. The summed E-state index contributed by atoms with van der Waals surface area (Å²) in [5, 5.41) is 0.176. The van der Waals surface area contributed by atoms with Gasteiger partial charge in [-0.2, -0.15) is 0 Å². The van der Waals surface area contributed by atoms with Crippen molar-refractivity contribution in [2.45, 2.75) is 19.2 Å². The maximum atomic E-state index is 13.2. The van der Waals surface area contributed by atoms with E-state index in [0.717, 1.165) is 16.7 Å². The van der Waals surface area contributed by atoms with E-state index in [9.17, 15) is 4.39 Å². The molecule has 0 radical (unpaired) electrons. The zero-order valence-corrected chi connectivity index (χ0v) is 11.7. The van der Waals surface area contributed by atoms with Gasteiger partial charge in [0.05, 0.1) is 5.38 Å².